The van der Waals surface area contributed by atoms with Crippen molar-refractivity contribution < 1.29 is 23.5 Å². The van der Waals surface area contributed by atoms with Crippen molar-refractivity contribution in [3.8, 4) is 11.1 Å². The first-order valence-electron chi connectivity index (χ1n) is 14.5. The van der Waals surface area contributed by atoms with Gasteiger partial charge in [-0.05, 0) is 76.1 Å². The van der Waals surface area contributed by atoms with Crippen LogP contribution in [0.2, 0.25) is 5.02 Å². The maximum atomic E-state index is 14.4. The minimum atomic E-state index is -0.548. The number of fused-ring (bicyclic) bond motifs is 1. The molecule has 1 atom stereocenters. The fourth-order valence-electron chi connectivity index (χ4n) is 6.04. The van der Waals surface area contributed by atoms with Crippen LogP contribution in [0.25, 0.3) is 22.2 Å². The molecule has 0 radical (unpaired) electrons. The van der Waals surface area contributed by atoms with Crippen molar-refractivity contribution >= 4 is 40.3 Å². The Morgan fingerprint density at radius 2 is 1.84 bits per heavy atom. The average molecular weight is 622 g/mol. The number of rotatable bonds is 7. The lowest BCUT2D eigenvalue weighted by atomic mass is 9.97. The Hall–Kier alpha value is -4.02. The molecule has 232 valence electrons. The highest BCUT2D eigenvalue weighted by Crippen LogP contribution is 2.34. The number of amides is 1. The molecule has 3 aromatic heterocycles. The standard InChI is InChI=1S/C33H37ClFN5O4/c1-19-14-28(36-21(3)29(19)32(42)44-7)38-12-13-40(33(4,5)18-38)31(41)27-11-9-23-24(22-8-10-25(34)26(35)15-22)16-39(30(23)37-27)20(2)17-43-6/h8-11,14-16,20H,12-13,17-18H2,1-7H3/t20-/m0/s1. The quantitative estimate of drug-likeness (QED) is 0.226. The second-order valence-corrected chi connectivity index (χ2v) is 12.3. The topological polar surface area (TPSA) is 89.8 Å². The van der Waals surface area contributed by atoms with E-state index in [1.54, 1.807) is 26.2 Å². The maximum Gasteiger partial charge on any atom is 0.339 e. The normalized spacial score (nSPS) is 15.5. The highest BCUT2D eigenvalue weighted by atomic mass is 35.5. The average Bonchev–Trinajstić information content (AvgIpc) is 3.36. The molecular formula is C33H37ClFN5O4. The number of pyridine rings is 2. The van der Waals surface area contributed by atoms with Gasteiger partial charge in [-0.1, -0.05) is 17.7 Å². The number of nitrogens with zero attached hydrogens (tertiary/aromatic N) is 5. The molecular weight excluding hydrogens is 585 g/mol. The van der Waals surface area contributed by atoms with Crippen molar-refractivity contribution in [2.45, 2.75) is 46.2 Å². The molecule has 0 saturated carbocycles. The van der Waals surface area contributed by atoms with Gasteiger partial charge in [-0.2, -0.15) is 0 Å². The zero-order valence-electron chi connectivity index (χ0n) is 26.1. The molecule has 44 heavy (non-hydrogen) atoms. The van der Waals surface area contributed by atoms with Crippen molar-refractivity contribution in [3.05, 3.63) is 75.9 Å². The summed E-state index contributed by atoms with van der Waals surface area (Å²) < 4.78 is 26.7. The molecule has 11 heteroatoms. The van der Waals surface area contributed by atoms with Crippen molar-refractivity contribution in [1.82, 2.24) is 19.4 Å². The molecule has 4 heterocycles. The first-order chi connectivity index (χ1) is 20.9. The Morgan fingerprint density at radius 3 is 2.48 bits per heavy atom. The predicted molar refractivity (Wildman–Crippen MR) is 169 cm³/mol. The van der Waals surface area contributed by atoms with E-state index in [0.717, 1.165) is 22.3 Å². The van der Waals surface area contributed by atoms with Gasteiger partial charge in [-0.15, -0.1) is 0 Å². The van der Waals surface area contributed by atoms with Crippen LogP contribution in [0.4, 0.5) is 10.2 Å². The van der Waals surface area contributed by atoms with Crippen LogP contribution in [-0.4, -0.2) is 77.3 Å². The summed E-state index contributed by atoms with van der Waals surface area (Å²) in [4.78, 5) is 39.8. The van der Waals surface area contributed by atoms with E-state index in [4.69, 9.17) is 31.0 Å². The number of carbonyl (C=O) groups excluding carboxylic acids is 2. The molecule has 0 bridgehead atoms. The number of methoxy groups -OCH3 is 2. The Kier molecular flexibility index (Phi) is 8.68. The lowest BCUT2D eigenvalue weighted by molar-refractivity contribution is 0.0506. The predicted octanol–water partition coefficient (Wildman–Crippen LogP) is 6.24. The summed E-state index contributed by atoms with van der Waals surface area (Å²) in [6, 6.07) is 10.1. The molecule has 0 unspecified atom stereocenters. The summed E-state index contributed by atoms with van der Waals surface area (Å²) in [5.41, 5.74) is 3.71. The number of carbonyl (C=O) groups is 2. The molecule has 0 N–H and O–H groups in total. The third-order valence-electron chi connectivity index (χ3n) is 8.26. The molecule has 1 fully saturated rings. The number of esters is 1. The van der Waals surface area contributed by atoms with Crippen LogP contribution >= 0.6 is 11.6 Å². The largest absolute Gasteiger partial charge is 0.465 e. The van der Waals surface area contributed by atoms with Crippen LogP contribution < -0.4 is 4.90 Å². The smallest absolute Gasteiger partial charge is 0.339 e. The van der Waals surface area contributed by atoms with E-state index in [1.165, 1.54) is 19.2 Å². The second-order valence-electron chi connectivity index (χ2n) is 11.9. The SMILES string of the molecule is COC[C@H](C)n1cc(-c2ccc(Cl)c(F)c2)c2ccc(C(=O)N3CCN(c4cc(C)c(C(=O)OC)c(C)n4)CC3(C)C)nc21. The van der Waals surface area contributed by atoms with Crippen LogP contribution in [0.1, 0.15) is 58.9 Å². The number of ether oxygens (including phenoxy) is 2. The summed E-state index contributed by atoms with van der Waals surface area (Å²) in [5.74, 6) is -0.335. The van der Waals surface area contributed by atoms with Gasteiger partial charge in [-0.3, -0.25) is 4.79 Å². The fourth-order valence-corrected chi connectivity index (χ4v) is 6.16. The third-order valence-corrected chi connectivity index (χ3v) is 8.56. The van der Waals surface area contributed by atoms with Gasteiger partial charge >= 0.3 is 5.97 Å². The number of anilines is 1. The monoisotopic (exact) mass is 621 g/mol. The van der Waals surface area contributed by atoms with Crippen molar-refractivity contribution in [2.24, 2.45) is 0 Å². The molecule has 0 spiro atoms. The maximum absolute atomic E-state index is 14.4. The zero-order valence-corrected chi connectivity index (χ0v) is 26.8. The van der Waals surface area contributed by atoms with Gasteiger partial charge in [0.25, 0.3) is 5.91 Å². The minimum absolute atomic E-state index is 0.0539. The summed E-state index contributed by atoms with van der Waals surface area (Å²) in [7, 11) is 2.99. The second kappa shape index (κ2) is 12.2. The number of aryl methyl sites for hydroxylation is 2. The van der Waals surface area contributed by atoms with Crippen LogP contribution in [0.3, 0.4) is 0 Å². The van der Waals surface area contributed by atoms with Gasteiger partial charge in [0.05, 0.1) is 41.6 Å². The van der Waals surface area contributed by atoms with E-state index in [-0.39, 0.29) is 17.0 Å². The van der Waals surface area contributed by atoms with E-state index in [1.807, 2.05) is 55.5 Å². The van der Waals surface area contributed by atoms with Crippen LogP contribution in [0, 0.1) is 19.7 Å². The molecule has 9 nitrogen and oxygen atoms in total. The van der Waals surface area contributed by atoms with Crippen LogP contribution in [-0.2, 0) is 9.47 Å². The number of hydrogen-bond donors (Lipinski definition) is 0. The molecule has 4 aromatic rings. The Labute approximate surface area is 261 Å². The summed E-state index contributed by atoms with van der Waals surface area (Å²) in [5, 5.41) is 0.848. The Morgan fingerprint density at radius 1 is 1.09 bits per heavy atom. The van der Waals surface area contributed by atoms with E-state index in [9.17, 15) is 14.0 Å². The summed E-state index contributed by atoms with van der Waals surface area (Å²) >= 11 is 5.94. The molecule has 1 saturated heterocycles. The van der Waals surface area contributed by atoms with Gasteiger partial charge in [0.15, 0.2) is 0 Å². The van der Waals surface area contributed by atoms with Gasteiger partial charge in [0, 0.05) is 43.9 Å². The summed E-state index contributed by atoms with van der Waals surface area (Å²) in [6.45, 7) is 11.7. The number of piperazine rings is 1. The third kappa shape index (κ3) is 5.76. The van der Waals surface area contributed by atoms with Gasteiger partial charge in [-0.25, -0.2) is 19.2 Å². The summed E-state index contributed by atoms with van der Waals surface area (Å²) in [6.07, 6.45) is 1.92. The van der Waals surface area contributed by atoms with E-state index < -0.39 is 17.3 Å². The molecule has 1 aromatic carbocycles. The van der Waals surface area contributed by atoms with Crippen LogP contribution in [0.15, 0.2) is 42.6 Å². The Balaban J connectivity index is 1.46. The zero-order chi connectivity index (χ0) is 31.9. The fraction of sp³-hybridized carbons (Fsp3) is 0.394. The first-order valence-corrected chi connectivity index (χ1v) is 14.8. The minimum Gasteiger partial charge on any atom is -0.465 e. The van der Waals surface area contributed by atoms with Crippen molar-refractivity contribution in [3.63, 3.8) is 0 Å². The van der Waals surface area contributed by atoms with Gasteiger partial charge in [0.2, 0.25) is 0 Å². The first kappa shape index (κ1) is 31.4. The molecule has 1 aliphatic heterocycles. The van der Waals surface area contributed by atoms with Crippen LogP contribution in [0.5, 0.6) is 0 Å². The van der Waals surface area contributed by atoms with Crippen molar-refractivity contribution in [1.29, 1.82) is 0 Å². The number of hydrogen-bond acceptors (Lipinski definition) is 7. The number of benzene rings is 1. The number of halogens is 2. The van der Waals surface area contributed by atoms with E-state index >= 15 is 0 Å². The molecule has 0 aliphatic carbocycles. The van der Waals surface area contributed by atoms with Gasteiger partial charge < -0.3 is 23.8 Å². The molecule has 1 aliphatic rings. The van der Waals surface area contributed by atoms with Gasteiger partial charge in [0.1, 0.15) is 23.0 Å². The Bertz CT molecular complexity index is 1730. The van der Waals surface area contributed by atoms with E-state index in [2.05, 4.69) is 4.90 Å². The number of aromatic nitrogens is 3. The lowest BCUT2D eigenvalue weighted by Crippen LogP contribution is -2.61. The molecule has 1 amide bonds. The van der Waals surface area contributed by atoms with Crippen molar-refractivity contribution in [2.75, 3.05) is 45.4 Å². The highest BCUT2D eigenvalue weighted by molar-refractivity contribution is 6.30. The highest BCUT2D eigenvalue weighted by Gasteiger charge is 2.38. The van der Waals surface area contributed by atoms with E-state index in [0.29, 0.717) is 54.4 Å². The molecule has 5 rings (SSSR count). The lowest BCUT2D eigenvalue weighted by Gasteiger charge is -2.47.